The van der Waals surface area contributed by atoms with Gasteiger partial charge in [-0.3, -0.25) is 9.52 Å². The van der Waals surface area contributed by atoms with Crippen LogP contribution in [0.5, 0.6) is 5.75 Å². The summed E-state index contributed by atoms with van der Waals surface area (Å²) in [6, 6.07) is 14.8. The molecule has 0 aromatic heterocycles. The average molecular weight is 493 g/mol. The number of carbonyl (C=O) groups excluding carboxylic acids is 1. The summed E-state index contributed by atoms with van der Waals surface area (Å²) in [5.74, 6) is -0.532. The van der Waals surface area contributed by atoms with Gasteiger partial charge in [0.15, 0.2) is 0 Å². The highest BCUT2D eigenvalue weighted by Gasteiger charge is 2.20. The minimum Gasteiger partial charge on any atom is -0.496 e. The molecule has 0 aliphatic heterocycles. The van der Waals surface area contributed by atoms with Crippen LogP contribution < -0.4 is 14.8 Å². The van der Waals surface area contributed by atoms with Crippen LogP contribution in [0.4, 0.5) is 15.8 Å². The predicted molar refractivity (Wildman–Crippen MR) is 117 cm³/mol. The molecule has 0 saturated carbocycles. The van der Waals surface area contributed by atoms with Crippen molar-refractivity contribution in [3.05, 3.63) is 82.1 Å². The van der Waals surface area contributed by atoms with Gasteiger partial charge in [-0.1, -0.05) is 18.2 Å². The van der Waals surface area contributed by atoms with Crippen LogP contribution in [0.2, 0.25) is 0 Å². The Balaban J connectivity index is 1.87. The molecule has 0 aliphatic rings. The van der Waals surface area contributed by atoms with Crippen molar-refractivity contribution in [3.8, 4) is 5.75 Å². The summed E-state index contributed by atoms with van der Waals surface area (Å²) in [6.45, 7) is 1.61. The maximum Gasteiger partial charge on any atom is 0.262 e. The second-order valence-electron chi connectivity index (χ2n) is 6.37. The summed E-state index contributed by atoms with van der Waals surface area (Å²) in [7, 11) is -2.55. The number of methoxy groups -OCH3 is 1. The summed E-state index contributed by atoms with van der Waals surface area (Å²) in [6.07, 6.45) is 0. The number of sulfonamides is 1. The van der Waals surface area contributed by atoms with Crippen molar-refractivity contribution < 1.29 is 22.3 Å². The van der Waals surface area contributed by atoms with Crippen LogP contribution in [0, 0.1) is 12.7 Å². The summed E-state index contributed by atoms with van der Waals surface area (Å²) in [5, 5.41) is 2.67. The van der Waals surface area contributed by atoms with Gasteiger partial charge in [0.2, 0.25) is 0 Å². The molecule has 0 spiro atoms. The third kappa shape index (κ3) is 4.80. The fourth-order valence-corrected chi connectivity index (χ4v) is 4.60. The number of ether oxygens (including phenoxy) is 1. The van der Waals surface area contributed by atoms with Crippen LogP contribution in [0.1, 0.15) is 15.9 Å². The van der Waals surface area contributed by atoms with Gasteiger partial charge < -0.3 is 10.1 Å². The third-order valence-corrected chi connectivity index (χ3v) is 6.39. The van der Waals surface area contributed by atoms with Gasteiger partial charge >= 0.3 is 0 Å². The molecule has 0 aliphatic carbocycles. The highest BCUT2D eigenvalue weighted by molar-refractivity contribution is 9.10. The molecule has 0 fully saturated rings. The lowest BCUT2D eigenvalue weighted by molar-refractivity contribution is 0.102. The van der Waals surface area contributed by atoms with E-state index in [1.54, 1.807) is 37.3 Å². The number of amides is 1. The molecule has 6 nitrogen and oxygen atoms in total. The fraction of sp³-hybridized carbons (Fsp3) is 0.0952. The topological polar surface area (TPSA) is 84.5 Å². The number of nitrogens with one attached hydrogen (secondary N) is 2. The summed E-state index contributed by atoms with van der Waals surface area (Å²) < 4.78 is 47.4. The first-order valence-electron chi connectivity index (χ1n) is 8.74. The third-order valence-electron chi connectivity index (χ3n) is 4.27. The van der Waals surface area contributed by atoms with Crippen molar-refractivity contribution in [1.29, 1.82) is 0 Å². The Morgan fingerprint density at radius 3 is 2.47 bits per heavy atom. The zero-order valence-electron chi connectivity index (χ0n) is 16.1. The molecule has 0 saturated heterocycles. The van der Waals surface area contributed by atoms with E-state index in [1.165, 1.54) is 31.4 Å². The molecular weight excluding hydrogens is 475 g/mol. The number of anilines is 2. The van der Waals surface area contributed by atoms with E-state index >= 15 is 0 Å². The molecule has 0 bridgehead atoms. The van der Waals surface area contributed by atoms with Gasteiger partial charge in [0.05, 0.1) is 22.2 Å². The number of benzene rings is 3. The van der Waals surface area contributed by atoms with E-state index in [0.717, 1.165) is 6.07 Å². The molecule has 30 heavy (non-hydrogen) atoms. The zero-order valence-corrected chi connectivity index (χ0v) is 18.5. The minimum atomic E-state index is -4.07. The Morgan fingerprint density at radius 1 is 1.07 bits per heavy atom. The molecule has 0 heterocycles. The van der Waals surface area contributed by atoms with Gasteiger partial charge in [-0.15, -0.1) is 0 Å². The number of hydrogen-bond acceptors (Lipinski definition) is 4. The quantitative estimate of drug-likeness (QED) is 0.509. The molecular formula is C21H18BrFN2O4S. The van der Waals surface area contributed by atoms with Crippen molar-refractivity contribution in [1.82, 2.24) is 0 Å². The molecule has 1 amide bonds. The van der Waals surface area contributed by atoms with Gasteiger partial charge in [-0.25, -0.2) is 12.8 Å². The average Bonchev–Trinajstić information content (AvgIpc) is 2.70. The van der Waals surface area contributed by atoms with E-state index in [9.17, 15) is 17.6 Å². The first-order valence-corrected chi connectivity index (χ1v) is 11.0. The SMILES string of the molecule is COc1ccc(C(=O)Nc2ccc(C)c(S(=O)(=O)Nc3ccccc3F)c2)cc1Br. The van der Waals surface area contributed by atoms with E-state index in [2.05, 4.69) is 26.0 Å². The van der Waals surface area contributed by atoms with E-state index in [0.29, 0.717) is 21.3 Å². The summed E-state index contributed by atoms with van der Waals surface area (Å²) in [5.41, 5.74) is 0.932. The zero-order chi connectivity index (χ0) is 21.9. The Bertz CT molecular complexity index is 1220. The van der Waals surface area contributed by atoms with Crippen LogP contribution in [0.25, 0.3) is 0 Å². The lowest BCUT2D eigenvalue weighted by Crippen LogP contribution is -2.17. The fourth-order valence-electron chi connectivity index (χ4n) is 2.72. The molecule has 3 aromatic rings. The maximum atomic E-state index is 13.9. The molecule has 3 aromatic carbocycles. The number of rotatable bonds is 6. The normalized spacial score (nSPS) is 11.1. The van der Waals surface area contributed by atoms with E-state index in [4.69, 9.17) is 4.74 Å². The highest BCUT2D eigenvalue weighted by atomic mass is 79.9. The Hall–Kier alpha value is -2.91. The molecule has 0 unspecified atom stereocenters. The first kappa shape index (κ1) is 21.8. The van der Waals surface area contributed by atoms with Crippen molar-refractivity contribution in [2.45, 2.75) is 11.8 Å². The van der Waals surface area contributed by atoms with Crippen LogP contribution in [0.3, 0.4) is 0 Å². The van der Waals surface area contributed by atoms with Gasteiger partial charge in [0.1, 0.15) is 11.6 Å². The van der Waals surface area contributed by atoms with Crippen LogP contribution in [0.15, 0.2) is 70.0 Å². The van der Waals surface area contributed by atoms with Gasteiger partial charge in [0, 0.05) is 11.3 Å². The smallest absolute Gasteiger partial charge is 0.262 e. The second-order valence-corrected chi connectivity index (χ2v) is 8.87. The van der Waals surface area contributed by atoms with Crippen LogP contribution in [-0.2, 0) is 10.0 Å². The largest absolute Gasteiger partial charge is 0.496 e. The minimum absolute atomic E-state index is 0.0699. The number of para-hydroxylation sites is 1. The van der Waals surface area contributed by atoms with Crippen molar-refractivity contribution in [2.75, 3.05) is 17.1 Å². The molecule has 9 heteroatoms. The molecule has 2 N–H and O–H groups in total. The summed E-state index contributed by atoms with van der Waals surface area (Å²) in [4.78, 5) is 12.5. The Labute approximate surface area is 182 Å². The first-order chi connectivity index (χ1) is 14.2. The van der Waals surface area contributed by atoms with E-state index < -0.39 is 21.7 Å². The second kappa shape index (κ2) is 8.85. The Morgan fingerprint density at radius 2 is 1.80 bits per heavy atom. The lowest BCUT2D eigenvalue weighted by Gasteiger charge is -2.13. The van der Waals surface area contributed by atoms with Crippen LogP contribution in [-0.4, -0.2) is 21.4 Å². The van der Waals surface area contributed by atoms with Gasteiger partial charge in [0.25, 0.3) is 15.9 Å². The van der Waals surface area contributed by atoms with Crippen molar-refractivity contribution in [2.24, 2.45) is 0 Å². The number of aryl methyl sites for hydroxylation is 1. The lowest BCUT2D eigenvalue weighted by atomic mass is 10.2. The Kier molecular flexibility index (Phi) is 6.42. The van der Waals surface area contributed by atoms with E-state index in [-0.39, 0.29) is 16.3 Å². The highest BCUT2D eigenvalue weighted by Crippen LogP contribution is 2.27. The van der Waals surface area contributed by atoms with Crippen LogP contribution >= 0.6 is 15.9 Å². The van der Waals surface area contributed by atoms with Crippen molar-refractivity contribution in [3.63, 3.8) is 0 Å². The molecule has 0 atom stereocenters. The predicted octanol–water partition coefficient (Wildman–Crippen LogP) is 4.96. The van der Waals surface area contributed by atoms with Crippen molar-refractivity contribution >= 4 is 43.2 Å². The molecule has 3 rings (SSSR count). The van der Waals surface area contributed by atoms with E-state index in [1.807, 2.05) is 0 Å². The monoisotopic (exact) mass is 492 g/mol. The molecule has 156 valence electrons. The maximum absolute atomic E-state index is 13.9. The number of hydrogen-bond donors (Lipinski definition) is 2. The standard InChI is InChI=1S/C21H18BrFN2O4S/c1-13-7-9-15(24-21(26)14-8-10-19(29-2)16(22)11-14)12-20(13)30(27,28)25-18-6-4-3-5-17(18)23/h3-12,25H,1-2H3,(H,24,26). The number of halogens is 2. The van der Waals surface area contributed by atoms with Gasteiger partial charge in [-0.2, -0.15) is 0 Å². The van der Waals surface area contributed by atoms with Gasteiger partial charge in [-0.05, 0) is 70.9 Å². The molecule has 0 radical (unpaired) electrons. The number of carbonyl (C=O) groups is 1. The summed E-state index contributed by atoms with van der Waals surface area (Å²) >= 11 is 3.32.